The monoisotopic (exact) mass is 382 g/mol. The number of nitrogens with zero attached hydrogens (tertiary/aromatic N) is 1. The summed E-state index contributed by atoms with van der Waals surface area (Å²) in [5.41, 5.74) is 1.00. The number of amides is 1. The molecular formula is C19H30N2O4S. The van der Waals surface area contributed by atoms with Gasteiger partial charge in [0.1, 0.15) is 5.75 Å². The van der Waals surface area contributed by atoms with Gasteiger partial charge >= 0.3 is 0 Å². The van der Waals surface area contributed by atoms with E-state index in [1.807, 2.05) is 24.3 Å². The summed E-state index contributed by atoms with van der Waals surface area (Å²) in [7, 11) is -1.84. The van der Waals surface area contributed by atoms with Crippen LogP contribution in [0.4, 0.5) is 0 Å². The fraction of sp³-hybridized carbons (Fsp3) is 0.632. The van der Waals surface area contributed by atoms with E-state index >= 15 is 0 Å². The molecule has 0 unspecified atom stereocenters. The van der Waals surface area contributed by atoms with Gasteiger partial charge in [-0.1, -0.05) is 37.8 Å². The van der Waals surface area contributed by atoms with Crippen molar-refractivity contribution in [2.24, 2.45) is 0 Å². The van der Waals surface area contributed by atoms with Gasteiger partial charge in [-0.15, -0.1) is 0 Å². The SMILES string of the molecule is COc1ccc(CCN(CC(=O)NC2CCCCCC2)S(C)(=O)=O)cc1. The van der Waals surface area contributed by atoms with Crippen LogP contribution < -0.4 is 10.1 Å². The largest absolute Gasteiger partial charge is 0.497 e. The van der Waals surface area contributed by atoms with Crippen molar-refractivity contribution < 1.29 is 17.9 Å². The van der Waals surface area contributed by atoms with Crippen molar-refractivity contribution in [3.05, 3.63) is 29.8 Å². The molecule has 1 saturated carbocycles. The Morgan fingerprint density at radius 1 is 1.15 bits per heavy atom. The van der Waals surface area contributed by atoms with Crippen molar-refractivity contribution in [3.63, 3.8) is 0 Å². The Bertz CT molecular complexity index is 665. The highest BCUT2D eigenvalue weighted by Crippen LogP contribution is 2.17. The van der Waals surface area contributed by atoms with Gasteiger partial charge in [-0.05, 0) is 37.0 Å². The van der Waals surface area contributed by atoms with Gasteiger partial charge in [0.15, 0.2) is 0 Å². The van der Waals surface area contributed by atoms with E-state index in [4.69, 9.17) is 4.74 Å². The van der Waals surface area contributed by atoms with E-state index in [-0.39, 0.29) is 25.0 Å². The van der Waals surface area contributed by atoms with Crippen LogP contribution in [0.2, 0.25) is 0 Å². The van der Waals surface area contributed by atoms with Crippen molar-refractivity contribution in [1.29, 1.82) is 0 Å². The van der Waals surface area contributed by atoms with Crippen LogP contribution in [0.5, 0.6) is 5.75 Å². The summed E-state index contributed by atoms with van der Waals surface area (Å²) in [6, 6.07) is 7.68. The number of benzene rings is 1. The lowest BCUT2D eigenvalue weighted by atomic mass is 10.1. The van der Waals surface area contributed by atoms with Gasteiger partial charge < -0.3 is 10.1 Å². The first-order valence-corrected chi connectivity index (χ1v) is 11.1. The third-order valence-corrected chi connectivity index (χ3v) is 6.07. The van der Waals surface area contributed by atoms with E-state index in [0.717, 1.165) is 43.3 Å². The maximum atomic E-state index is 12.3. The zero-order valence-electron chi connectivity index (χ0n) is 15.7. The minimum Gasteiger partial charge on any atom is -0.497 e. The Morgan fingerprint density at radius 2 is 1.77 bits per heavy atom. The predicted molar refractivity (Wildman–Crippen MR) is 103 cm³/mol. The van der Waals surface area contributed by atoms with Crippen LogP contribution in [0.15, 0.2) is 24.3 Å². The molecular weight excluding hydrogens is 352 g/mol. The van der Waals surface area contributed by atoms with Gasteiger partial charge in [-0.2, -0.15) is 4.31 Å². The molecule has 0 heterocycles. The fourth-order valence-electron chi connectivity index (χ4n) is 3.27. The maximum absolute atomic E-state index is 12.3. The topological polar surface area (TPSA) is 75.7 Å². The molecule has 1 aromatic rings. The zero-order chi connectivity index (χ0) is 19.0. The number of hydrogen-bond donors (Lipinski definition) is 1. The lowest BCUT2D eigenvalue weighted by Crippen LogP contribution is -2.44. The number of nitrogens with one attached hydrogen (secondary N) is 1. The van der Waals surface area contributed by atoms with Crippen molar-refractivity contribution in [2.45, 2.75) is 51.0 Å². The third-order valence-electron chi connectivity index (χ3n) is 4.82. The molecule has 0 radical (unpaired) electrons. The van der Waals surface area contributed by atoms with E-state index in [1.165, 1.54) is 17.1 Å². The first-order chi connectivity index (χ1) is 12.4. The average Bonchev–Trinajstić information content (AvgIpc) is 2.86. The van der Waals surface area contributed by atoms with Gasteiger partial charge in [0.05, 0.1) is 19.9 Å². The zero-order valence-corrected chi connectivity index (χ0v) is 16.6. The molecule has 26 heavy (non-hydrogen) atoms. The Labute approximate surface area is 157 Å². The summed E-state index contributed by atoms with van der Waals surface area (Å²) in [6.07, 6.45) is 8.34. The van der Waals surface area contributed by atoms with Crippen LogP contribution in [0.3, 0.4) is 0 Å². The quantitative estimate of drug-likeness (QED) is 0.700. The van der Waals surface area contributed by atoms with Gasteiger partial charge in [0.25, 0.3) is 0 Å². The lowest BCUT2D eigenvalue weighted by molar-refractivity contribution is -0.122. The summed E-state index contributed by atoms with van der Waals surface area (Å²) in [6.45, 7) is 0.161. The second-order valence-corrected chi connectivity index (χ2v) is 8.93. The molecule has 1 N–H and O–H groups in total. The molecule has 7 heteroatoms. The lowest BCUT2D eigenvalue weighted by Gasteiger charge is -2.22. The summed E-state index contributed by atoms with van der Waals surface area (Å²) < 4.78 is 30.5. The van der Waals surface area contributed by atoms with Crippen LogP contribution in [-0.2, 0) is 21.2 Å². The summed E-state index contributed by atoms with van der Waals surface area (Å²) in [5.74, 6) is 0.550. The standard InChI is InChI=1S/C19H30N2O4S/c1-25-18-11-9-16(10-12-18)13-14-21(26(2,23)24)15-19(22)20-17-7-5-3-4-6-8-17/h9-12,17H,3-8,13-15H2,1-2H3,(H,20,22). The molecule has 0 aliphatic heterocycles. The van der Waals surface area contributed by atoms with Gasteiger partial charge in [0.2, 0.25) is 15.9 Å². The summed E-state index contributed by atoms with van der Waals surface area (Å²) in [4.78, 5) is 12.3. The Balaban J connectivity index is 1.90. The van der Waals surface area contributed by atoms with Gasteiger partial charge in [-0.25, -0.2) is 8.42 Å². The molecule has 2 rings (SSSR count). The van der Waals surface area contributed by atoms with Crippen LogP contribution in [0, 0.1) is 0 Å². The molecule has 0 aromatic heterocycles. The Kier molecular flexibility index (Phi) is 7.90. The number of ether oxygens (including phenoxy) is 1. The molecule has 1 fully saturated rings. The molecule has 1 aliphatic carbocycles. The molecule has 0 bridgehead atoms. The second-order valence-electron chi connectivity index (χ2n) is 6.95. The molecule has 1 amide bonds. The Morgan fingerprint density at radius 3 is 2.31 bits per heavy atom. The number of carbonyl (C=O) groups is 1. The maximum Gasteiger partial charge on any atom is 0.235 e. The van der Waals surface area contributed by atoms with Gasteiger partial charge in [0, 0.05) is 12.6 Å². The first kappa shape index (κ1) is 20.7. The number of rotatable bonds is 8. The van der Waals surface area contributed by atoms with Crippen LogP contribution in [0.25, 0.3) is 0 Å². The molecule has 0 atom stereocenters. The minimum absolute atomic E-state index is 0.120. The fourth-order valence-corrected chi connectivity index (χ4v) is 4.04. The van der Waals surface area contributed by atoms with E-state index in [2.05, 4.69) is 5.32 Å². The number of methoxy groups -OCH3 is 1. The molecule has 0 spiro atoms. The normalized spacial score (nSPS) is 16.3. The third kappa shape index (κ3) is 6.96. The van der Waals surface area contributed by atoms with Crippen molar-refractivity contribution in [2.75, 3.05) is 26.5 Å². The van der Waals surface area contributed by atoms with Crippen LogP contribution in [0.1, 0.15) is 44.1 Å². The van der Waals surface area contributed by atoms with E-state index < -0.39 is 10.0 Å². The number of carbonyl (C=O) groups excluding carboxylic acids is 1. The van der Waals surface area contributed by atoms with Crippen LogP contribution in [-0.4, -0.2) is 51.1 Å². The molecule has 0 saturated heterocycles. The average molecular weight is 383 g/mol. The molecule has 146 valence electrons. The van der Waals surface area contributed by atoms with E-state index in [1.54, 1.807) is 7.11 Å². The van der Waals surface area contributed by atoms with Crippen LogP contribution >= 0.6 is 0 Å². The Hall–Kier alpha value is -1.60. The number of hydrogen-bond acceptors (Lipinski definition) is 4. The van der Waals surface area contributed by atoms with E-state index in [9.17, 15) is 13.2 Å². The van der Waals surface area contributed by atoms with Crippen molar-refractivity contribution in [1.82, 2.24) is 9.62 Å². The van der Waals surface area contributed by atoms with E-state index in [0.29, 0.717) is 6.42 Å². The van der Waals surface area contributed by atoms with Crippen molar-refractivity contribution >= 4 is 15.9 Å². The highest BCUT2D eigenvalue weighted by atomic mass is 32.2. The highest BCUT2D eigenvalue weighted by molar-refractivity contribution is 7.88. The van der Waals surface area contributed by atoms with Gasteiger partial charge in [-0.3, -0.25) is 4.79 Å². The van der Waals surface area contributed by atoms with Crippen molar-refractivity contribution in [3.8, 4) is 5.75 Å². The number of sulfonamides is 1. The molecule has 1 aliphatic rings. The summed E-state index contributed by atoms with van der Waals surface area (Å²) in [5, 5.41) is 3.01. The highest BCUT2D eigenvalue weighted by Gasteiger charge is 2.22. The predicted octanol–water partition coefficient (Wildman–Crippen LogP) is 2.34. The second kappa shape index (κ2) is 9.92. The first-order valence-electron chi connectivity index (χ1n) is 9.26. The molecule has 1 aromatic carbocycles. The smallest absolute Gasteiger partial charge is 0.235 e. The minimum atomic E-state index is -3.44. The molecule has 6 nitrogen and oxygen atoms in total. The summed E-state index contributed by atoms with van der Waals surface area (Å²) >= 11 is 0.